The molecule has 1 amide bonds. The number of aromatic nitrogens is 4. The molecule has 0 saturated heterocycles. The fourth-order valence-electron chi connectivity index (χ4n) is 3.02. The summed E-state index contributed by atoms with van der Waals surface area (Å²) in [6, 6.07) is -1.74. The summed E-state index contributed by atoms with van der Waals surface area (Å²) in [6.45, 7) is -6.28. The molecule has 2 N–H and O–H groups in total. The monoisotopic (exact) mass is 385 g/mol. The van der Waals surface area contributed by atoms with Gasteiger partial charge in [-0.1, -0.05) is 20.6 Å². The van der Waals surface area contributed by atoms with Crippen LogP contribution in [0, 0.1) is 5.41 Å². The quantitative estimate of drug-likeness (QED) is 0.842. The third kappa shape index (κ3) is 3.69. The number of aliphatic hydroxyl groups excluding tert-OH is 1. The summed E-state index contributed by atoms with van der Waals surface area (Å²) in [5.41, 5.74) is -3.54. The molecule has 0 saturated carbocycles. The molecule has 0 radical (unpaired) electrons. The summed E-state index contributed by atoms with van der Waals surface area (Å²) in [5.74, 6) is -4.45. The summed E-state index contributed by atoms with van der Waals surface area (Å²) < 4.78 is 76.8. The van der Waals surface area contributed by atoms with Gasteiger partial charge < -0.3 is 10.4 Å². The van der Waals surface area contributed by atoms with E-state index in [1.54, 1.807) is 0 Å². The van der Waals surface area contributed by atoms with Crippen LogP contribution in [0.15, 0.2) is 18.6 Å². The first-order chi connectivity index (χ1) is 15.1. The van der Waals surface area contributed by atoms with Gasteiger partial charge in [0.15, 0.2) is 11.5 Å². The van der Waals surface area contributed by atoms with E-state index >= 15 is 0 Å². The van der Waals surface area contributed by atoms with Crippen molar-refractivity contribution in [2.45, 2.75) is 51.9 Å². The number of rotatable bonds is 4. The van der Waals surface area contributed by atoms with E-state index in [0.717, 1.165) is 11.6 Å². The van der Waals surface area contributed by atoms with E-state index < -0.39 is 61.4 Å². The van der Waals surface area contributed by atoms with Crippen molar-refractivity contribution >= 4 is 5.91 Å². The standard InChI is InChI=1S/C18H23F2N5O2/c1-17(2,3)12(10-26)23-16(27)14-11-5-4-6-18(19,20)15(11)25(24-14)13-9-21-7-8-22-13/h7-9,12,26H,4-6,10H2,1-3H3,(H,23,27)/t12-/m1/s1/i1D3,2D3. The van der Waals surface area contributed by atoms with Gasteiger partial charge in [-0.2, -0.15) is 13.9 Å². The van der Waals surface area contributed by atoms with Crippen LogP contribution in [0.25, 0.3) is 5.82 Å². The Kier molecular flexibility index (Phi) is 3.32. The number of alkyl halides is 2. The summed E-state index contributed by atoms with van der Waals surface area (Å²) >= 11 is 0. The lowest BCUT2D eigenvalue weighted by atomic mass is 9.87. The minimum Gasteiger partial charge on any atom is -0.394 e. The minimum absolute atomic E-state index is 0.0529. The zero-order chi connectivity index (χ0) is 24.8. The van der Waals surface area contributed by atoms with Crippen molar-refractivity contribution < 1.29 is 26.9 Å². The number of aliphatic hydroxyl groups is 1. The zero-order valence-electron chi connectivity index (χ0n) is 20.5. The van der Waals surface area contributed by atoms with Crippen LogP contribution in [0.2, 0.25) is 0 Å². The maximum absolute atomic E-state index is 14.8. The molecule has 7 nitrogen and oxygen atoms in total. The van der Waals surface area contributed by atoms with Gasteiger partial charge in [-0.25, -0.2) is 9.67 Å². The van der Waals surface area contributed by atoms with Crippen molar-refractivity contribution in [1.29, 1.82) is 0 Å². The number of fused-ring (bicyclic) bond motifs is 1. The predicted molar refractivity (Wildman–Crippen MR) is 93.8 cm³/mol. The molecule has 9 heteroatoms. The van der Waals surface area contributed by atoms with E-state index in [0.29, 0.717) is 0 Å². The number of nitrogens with zero attached hydrogens (tertiary/aromatic N) is 4. The van der Waals surface area contributed by atoms with Crippen LogP contribution >= 0.6 is 0 Å². The number of amides is 1. The molecule has 1 aliphatic rings. The molecule has 2 aromatic rings. The molecular weight excluding hydrogens is 356 g/mol. The molecule has 1 aliphatic carbocycles. The first kappa shape index (κ1) is 12.9. The van der Waals surface area contributed by atoms with E-state index in [1.807, 2.05) is 0 Å². The van der Waals surface area contributed by atoms with Crippen molar-refractivity contribution in [3.63, 3.8) is 0 Å². The second-order valence-corrected chi connectivity index (χ2v) is 6.62. The Balaban J connectivity index is 2.09. The maximum atomic E-state index is 14.8. The van der Waals surface area contributed by atoms with E-state index in [4.69, 9.17) is 8.22 Å². The molecular formula is C18H23F2N5O2. The highest BCUT2D eigenvalue weighted by Gasteiger charge is 2.44. The molecule has 0 aromatic carbocycles. The smallest absolute Gasteiger partial charge is 0.290 e. The van der Waals surface area contributed by atoms with Crippen molar-refractivity contribution in [2.75, 3.05) is 6.61 Å². The Morgan fingerprint density at radius 3 is 2.93 bits per heavy atom. The number of hydrogen-bond acceptors (Lipinski definition) is 5. The van der Waals surface area contributed by atoms with Gasteiger partial charge in [0.05, 0.1) is 18.8 Å². The topological polar surface area (TPSA) is 92.9 Å². The van der Waals surface area contributed by atoms with E-state index in [2.05, 4.69) is 20.4 Å². The second kappa shape index (κ2) is 6.95. The van der Waals surface area contributed by atoms with Gasteiger partial charge in [-0.3, -0.25) is 9.78 Å². The van der Waals surface area contributed by atoms with Crippen LogP contribution in [0.1, 0.15) is 63.4 Å². The van der Waals surface area contributed by atoms with Crippen molar-refractivity contribution in [3.05, 3.63) is 35.5 Å². The van der Waals surface area contributed by atoms with Crippen molar-refractivity contribution in [1.82, 2.24) is 25.1 Å². The zero-order valence-corrected chi connectivity index (χ0v) is 14.5. The van der Waals surface area contributed by atoms with Gasteiger partial charge in [-0.15, -0.1) is 0 Å². The van der Waals surface area contributed by atoms with Crippen molar-refractivity contribution in [2.24, 2.45) is 5.41 Å². The Labute approximate surface area is 164 Å². The maximum Gasteiger partial charge on any atom is 0.290 e. The lowest BCUT2D eigenvalue weighted by Gasteiger charge is -2.29. The number of carbonyl (C=O) groups excluding carboxylic acids is 1. The molecule has 2 heterocycles. The Hall–Kier alpha value is -2.42. The highest BCUT2D eigenvalue weighted by molar-refractivity contribution is 5.94. The van der Waals surface area contributed by atoms with Gasteiger partial charge >= 0.3 is 0 Å². The fourth-order valence-corrected chi connectivity index (χ4v) is 3.02. The van der Waals surface area contributed by atoms with Gasteiger partial charge in [0.25, 0.3) is 11.8 Å². The summed E-state index contributed by atoms with van der Waals surface area (Å²) in [4.78, 5) is 20.9. The molecule has 3 rings (SSSR count). The van der Waals surface area contributed by atoms with Gasteiger partial charge in [-0.05, 0) is 18.3 Å². The SMILES string of the molecule is [2H]C([2H])([2H])C(C)([C@@H](CO)NC(=O)c1nn(-c2cnccn2)c2c1CCCC2(F)F)C([2H])([2H])[2H]. The van der Waals surface area contributed by atoms with E-state index in [9.17, 15) is 18.7 Å². The first-order valence-corrected chi connectivity index (χ1v) is 8.33. The summed E-state index contributed by atoms with van der Waals surface area (Å²) in [6.07, 6.45) is 3.48. The molecule has 0 aliphatic heterocycles. The molecule has 0 fully saturated rings. The number of carbonyl (C=O) groups is 1. The molecule has 27 heavy (non-hydrogen) atoms. The van der Waals surface area contributed by atoms with Crippen molar-refractivity contribution in [3.8, 4) is 5.82 Å². The highest BCUT2D eigenvalue weighted by Crippen LogP contribution is 2.42. The first-order valence-electron chi connectivity index (χ1n) is 11.3. The lowest BCUT2D eigenvalue weighted by molar-refractivity contribution is -0.0283. The van der Waals surface area contributed by atoms with E-state index in [1.165, 1.54) is 18.6 Å². The van der Waals surface area contributed by atoms with E-state index in [-0.39, 0.29) is 24.2 Å². The summed E-state index contributed by atoms with van der Waals surface area (Å²) in [7, 11) is 0. The normalized spacial score (nSPS) is 21.5. The van der Waals surface area contributed by atoms with Crippen LogP contribution in [0.3, 0.4) is 0 Å². The predicted octanol–water partition coefficient (Wildman–Crippen LogP) is 2.23. The highest BCUT2D eigenvalue weighted by atomic mass is 19.3. The van der Waals surface area contributed by atoms with Crippen LogP contribution in [0.4, 0.5) is 8.78 Å². The fraction of sp³-hybridized carbons (Fsp3) is 0.556. The average Bonchev–Trinajstić information content (AvgIpc) is 3.11. The average molecular weight is 385 g/mol. The Morgan fingerprint density at radius 2 is 2.30 bits per heavy atom. The van der Waals surface area contributed by atoms with Crippen LogP contribution in [-0.2, 0) is 12.3 Å². The van der Waals surface area contributed by atoms with Crippen LogP contribution in [-0.4, -0.2) is 43.4 Å². The molecule has 1 atom stereocenters. The third-order valence-electron chi connectivity index (χ3n) is 4.41. The van der Waals surface area contributed by atoms with Gasteiger partial charge in [0, 0.05) is 32.6 Å². The number of nitrogens with one attached hydrogen (secondary N) is 1. The van der Waals surface area contributed by atoms with Gasteiger partial charge in [0.2, 0.25) is 0 Å². The molecule has 2 aromatic heterocycles. The second-order valence-electron chi connectivity index (χ2n) is 6.62. The lowest BCUT2D eigenvalue weighted by Crippen LogP contribution is -2.46. The van der Waals surface area contributed by atoms with Crippen LogP contribution < -0.4 is 5.32 Å². The molecule has 0 bridgehead atoms. The summed E-state index contributed by atoms with van der Waals surface area (Å²) in [5, 5.41) is 16.0. The Morgan fingerprint density at radius 1 is 1.52 bits per heavy atom. The molecule has 0 unspecified atom stereocenters. The largest absolute Gasteiger partial charge is 0.394 e. The number of hydrogen-bond donors (Lipinski definition) is 2. The third-order valence-corrected chi connectivity index (χ3v) is 4.41. The van der Waals surface area contributed by atoms with Crippen LogP contribution in [0.5, 0.6) is 0 Å². The minimum atomic E-state index is -3.32. The molecule has 0 spiro atoms. The van der Waals surface area contributed by atoms with Gasteiger partial charge in [0.1, 0.15) is 5.69 Å². The Bertz CT molecular complexity index is 1010. The number of halogens is 2. The molecule has 146 valence electrons.